The van der Waals surface area contributed by atoms with E-state index in [1.807, 2.05) is 0 Å². The van der Waals surface area contributed by atoms with Gasteiger partial charge in [0.25, 0.3) is 0 Å². The molecule has 302 valence electrons. The summed E-state index contributed by atoms with van der Waals surface area (Å²) in [5.74, 6) is 1.05. The molecule has 0 bridgehead atoms. The first-order chi connectivity index (χ1) is 30.3. The summed E-state index contributed by atoms with van der Waals surface area (Å²) in [7, 11) is 0. The van der Waals surface area contributed by atoms with E-state index in [-0.39, 0.29) is 22.8 Å². The normalized spacial score (nSPS) is 22.6. The Morgan fingerprint density at radius 3 is 2.21 bits per heavy atom. The molecule has 0 radical (unpaired) electrons. The summed E-state index contributed by atoms with van der Waals surface area (Å²) in [4.78, 5) is 2.61. The van der Waals surface area contributed by atoms with Crippen molar-refractivity contribution in [1.29, 1.82) is 0 Å². The maximum absolute atomic E-state index is 2.61. The van der Waals surface area contributed by atoms with Crippen LogP contribution in [0.1, 0.15) is 85.8 Å². The van der Waals surface area contributed by atoms with Gasteiger partial charge in [-0.05, 0) is 117 Å². The minimum absolute atomic E-state index is 0.00409. The lowest BCUT2D eigenvalue weighted by Gasteiger charge is -2.37. The Morgan fingerprint density at radius 2 is 1.34 bits per heavy atom. The zero-order chi connectivity index (χ0) is 41.7. The Balaban J connectivity index is 0.891. The van der Waals surface area contributed by atoms with Crippen molar-refractivity contribution in [2.24, 2.45) is 5.92 Å². The molecule has 0 fully saturated rings. The van der Waals surface area contributed by atoms with Gasteiger partial charge < -0.3 is 9.47 Å². The highest BCUT2D eigenvalue weighted by atomic mass is 15.2. The van der Waals surface area contributed by atoms with Crippen molar-refractivity contribution < 1.29 is 0 Å². The number of hydrogen-bond donors (Lipinski definition) is 0. The van der Waals surface area contributed by atoms with Crippen molar-refractivity contribution in [3.63, 3.8) is 0 Å². The Kier molecular flexibility index (Phi) is 8.35. The average molecular weight is 801 g/mol. The number of anilines is 2. The molecular formula is C60H52N2. The van der Waals surface area contributed by atoms with Gasteiger partial charge in [-0.15, -0.1) is 0 Å². The number of fused-ring (bicyclic) bond motifs is 8. The van der Waals surface area contributed by atoms with Gasteiger partial charge in [0.2, 0.25) is 0 Å². The summed E-state index contributed by atoms with van der Waals surface area (Å²) in [5, 5.41) is 2.60. The van der Waals surface area contributed by atoms with Crippen LogP contribution in [0.4, 0.5) is 11.4 Å². The summed E-state index contributed by atoms with van der Waals surface area (Å²) in [6, 6.07) is 54.7. The molecule has 0 saturated carbocycles. The van der Waals surface area contributed by atoms with Crippen LogP contribution in [0.5, 0.6) is 0 Å². The molecule has 7 aromatic rings. The van der Waals surface area contributed by atoms with Gasteiger partial charge in [0, 0.05) is 45.1 Å². The van der Waals surface area contributed by atoms with Crippen LogP contribution in [0.25, 0.3) is 38.6 Å². The maximum atomic E-state index is 2.61. The molecule has 0 saturated heterocycles. The third-order valence-corrected chi connectivity index (χ3v) is 15.2. The molecule has 0 spiro atoms. The highest BCUT2D eigenvalue weighted by Crippen LogP contribution is 2.55. The molecule has 2 nitrogen and oxygen atoms in total. The van der Waals surface area contributed by atoms with Crippen LogP contribution < -0.4 is 4.90 Å². The van der Waals surface area contributed by atoms with Gasteiger partial charge >= 0.3 is 0 Å². The van der Waals surface area contributed by atoms with Gasteiger partial charge in [-0.3, -0.25) is 0 Å². The fourth-order valence-corrected chi connectivity index (χ4v) is 12.2. The summed E-state index contributed by atoms with van der Waals surface area (Å²) >= 11 is 0. The molecule has 1 heterocycles. The molecule has 5 aliphatic rings. The van der Waals surface area contributed by atoms with Gasteiger partial charge in [0.05, 0.1) is 17.1 Å². The van der Waals surface area contributed by atoms with E-state index in [0.717, 1.165) is 12.8 Å². The van der Waals surface area contributed by atoms with Crippen LogP contribution >= 0.6 is 0 Å². The number of nitrogens with zero attached hydrogens (tertiary/aromatic N) is 2. The van der Waals surface area contributed by atoms with Crippen LogP contribution in [-0.2, 0) is 10.8 Å². The van der Waals surface area contributed by atoms with Crippen LogP contribution in [0.3, 0.4) is 0 Å². The topological polar surface area (TPSA) is 8.17 Å². The van der Waals surface area contributed by atoms with Gasteiger partial charge in [0.1, 0.15) is 0 Å². The fourth-order valence-electron chi connectivity index (χ4n) is 12.2. The Morgan fingerprint density at radius 1 is 0.613 bits per heavy atom. The molecule has 4 atom stereocenters. The lowest BCUT2D eigenvalue weighted by atomic mass is 9.74. The zero-order valence-electron chi connectivity index (χ0n) is 36.1. The Bertz CT molecular complexity index is 3160. The number of benzene rings is 6. The highest BCUT2D eigenvalue weighted by molar-refractivity contribution is 6.11. The molecule has 2 heteroatoms. The van der Waals surface area contributed by atoms with E-state index < -0.39 is 0 Å². The minimum Gasteiger partial charge on any atom is -0.334 e. The van der Waals surface area contributed by atoms with Crippen molar-refractivity contribution in [3.05, 3.63) is 233 Å². The first-order valence-electron chi connectivity index (χ1n) is 22.6. The van der Waals surface area contributed by atoms with Crippen LogP contribution in [0, 0.1) is 5.92 Å². The Hall–Kier alpha value is -6.64. The monoisotopic (exact) mass is 800 g/mol. The first-order valence-corrected chi connectivity index (χ1v) is 22.6. The predicted octanol–water partition coefficient (Wildman–Crippen LogP) is 15.2. The predicted molar refractivity (Wildman–Crippen MR) is 262 cm³/mol. The minimum atomic E-state index is 0.00409. The first kappa shape index (κ1) is 37.1. The van der Waals surface area contributed by atoms with Crippen LogP contribution in [-0.4, -0.2) is 10.6 Å². The lowest BCUT2D eigenvalue weighted by molar-refractivity contribution is 0.394. The van der Waals surface area contributed by atoms with Crippen LogP contribution in [0.15, 0.2) is 200 Å². The van der Waals surface area contributed by atoms with Crippen molar-refractivity contribution >= 4 is 50.0 Å². The van der Waals surface area contributed by atoms with Gasteiger partial charge in [-0.2, -0.15) is 0 Å². The second-order valence-electron chi connectivity index (χ2n) is 19.2. The number of aromatic nitrogens is 1. The van der Waals surface area contributed by atoms with Gasteiger partial charge in [-0.25, -0.2) is 0 Å². The molecular weight excluding hydrogens is 749 g/mol. The van der Waals surface area contributed by atoms with Crippen molar-refractivity contribution in [2.45, 2.75) is 69.2 Å². The zero-order valence-corrected chi connectivity index (χ0v) is 36.1. The molecule has 0 N–H and O–H groups in total. The lowest BCUT2D eigenvalue weighted by Crippen LogP contribution is -2.32. The van der Waals surface area contributed by atoms with Gasteiger partial charge in [-0.1, -0.05) is 179 Å². The highest BCUT2D eigenvalue weighted by Gasteiger charge is 2.45. The SMILES string of the molecule is CC1(C)C2=C(CC(N(c3ccccc3)c3ccccc3C3C=CC=C(c4ccc5c(c4)c4ccccc4n5C4=CC5c6ccccc6C(C)(C)C5C=C4)C3)C=C2)c2ccccc21. The molecule has 5 aliphatic carbocycles. The third kappa shape index (κ3) is 5.55. The standard InChI is InChI=1S/C60H52N2/c1-59(2)52-25-12-8-22-46(52)49-37-43(30-32-54(49)59)61(42-19-6-5-7-20-42)56-27-14-10-21-45(56)41-18-16-17-39(35-41)40-29-34-58-51(36-40)48-24-11-15-28-57(48)62(58)44-31-33-55-50(38-44)47-23-9-13-26-53(47)60(55,3)4/h5-34,36,38,41,43,50,55H,35,37H2,1-4H3. The molecule has 6 aromatic carbocycles. The summed E-state index contributed by atoms with van der Waals surface area (Å²) in [6.45, 7) is 9.59. The molecule has 12 rings (SSSR count). The maximum Gasteiger partial charge on any atom is 0.0566 e. The average Bonchev–Trinajstić information content (AvgIpc) is 3.86. The van der Waals surface area contributed by atoms with Crippen molar-refractivity contribution in [2.75, 3.05) is 4.90 Å². The van der Waals surface area contributed by atoms with Crippen LogP contribution in [0.2, 0.25) is 0 Å². The third-order valence-electron chi connectivity index (χ3n) is 15.2. The van der Waals surface area contributed by atoms with E-state index in [2.05, 4.69) is 231 Å². The molecule has 0 amide bonds. The number of rotatable bonds is 6. The summed E-state index contributed by atoms with van der Waals surface area (Å²) in [5.41, 5.74) is 19.2. The van der Waals surface area contributed by atoms with E-state index >= 15 is 0 Å². The van der Waals surface area contributed by atoms with E-state index in [0.29, 0.717) is 11.8 Å². The quantitative estimate of drug-likeness (QED) is 0.163. The molecule has 62 heavy (non-hydrogen) atoms. The molecule has 1 aromatic heterocycles. The smallest absolute Gasteiger partial charge is 0.0566 e. The van der Waals surface area contributed by atoms with Gasteiger partial charge in [0.15, 0.2) is 0 Å². The summed E-state index contributed by atoms with van der Waals surface area (Å²) in [6.07, 6.45) is 21.3. The van der Waals surface area contributed by atoms with E-state index in [9.17, 15) is 0 Å². The number of para-hydroxylation sites is 3. The second-order valence-corrected chi connectivity index (χ2v) is 19.2. The summed E-state index contributed by atoms with van der Waals surface area (Å²) < 4.78 is 2.51. The van der Waals surface area contributed by atoms with Crippen molar-refractivity contribution in [1.82, 2.24) is 4.57 Å². The number of allylic oxidation sites excluding steroid dienone is 10. The number of hydrogen-bond acceptors (Lipinski definition) is 1. The molecule has 0 aliphatic heterocycles. The van der Waals surface area contributed by atoms with Crippen molar-refractivity contribution in [3.8, 4) is 0 Å². The van der Waals surface area contributed by atoms with E-state index in [4.69, 9.17) is 0 Å². The van der Waals surface area contributed by atoms with E-state index in [1.165, 1.54) is 89.0 Å². The van der Waals surface area contributed by atoms with E-state index in [1.54, 1.807) is 0 Å². The Labute approximate surface area is 366 Å². The fraction of sp³-hybridized carbons (Fsp3) is 0.200. The largest absolute Gasteiger partial charge is 0.334 e. The molecule has 4 unspecified atom stereocenters. The second kappa shape index (κ2) is 13.9.